The summed E-state index contributed by atoms with van der Waals surface area (Å²) < 4.78 is 15.9. The molecule has 1 aliphatic rings. The molecule has 0 aliphatic carbocycles. The monoisotopic (exact) mass is 353 g/mol. The second-order valence-electron chi connectivity index (χ2n) is 4.82. The van der Waals surface area contributed by atoms with Crippen LogP contribution in [0.25, 0.3) is 0 Å². The number of methoxy groups -OCH3 is 2. The van der Waals surface area contributed by atoms with E-state index in [9.17, 15) is 4.79 Å². The Morgan fingerprint density at radius 3 is 2.52 bits per heavy atom. The van der Waals surface area contributed by atoms with Gasteiger partial charge in [0.2, 0.25) is 6.23 Å². The Hall–Kier alpha value is -2.11. The molecule has 120 valence electrons. The highest BCUT2D eigenvalue weighted by Crippen LogP contribution is 2.42. The molecule has 0 fully saturated rings. The van der Waals surface area contributed by atoms with E-state index in [4.69, 9.17) is 37.4 Å². The van der Waals surface area contributed by atoms with E-state index in [0.717, 1.165) is 0 Å². The van der Waals surface area contributed by atoms with Gasteiger partial charge in [-0.3, -0.25) is 0 Å². The lowest BCUT2D eigenvalue weighted by molar-refractivity contribution is 0.0435. The van der Waals surface area contributed by atoms with Crippen molar-refractivity contribution in [1.82, 2.24) is 0 Å². The number of carbonyl (C=O) groups excluding carboxylic acids is 1. The van der Waals surface area contributed by atoms with Crippen molar-refractivity contribution < 1.29 is 19.0 Å². The summed E-state index contributed by atoms with van der Waals surface area (Å²) in [5, 5.41) is 3.96. The van der Waals surface area contributed by atoms with E-state index in [1.54, 1.807) is 30.3 Å². The lowest BCUT2D eigenvalue weighted by Crippen LogP contribution is -2.10. The summed E-state index contributed by atoms with van der Waals surface area (Å²) in [5.41, 5.74) is 1.70. The first-order valence-corrected chi connectivity index (χ1v) is 7.48. The van der Waals surface area contributed by atoms with Gasteiger partial charge in [0, 0.05) is 11.3 Å². The third-order valence-corrected chi connectivity index (χ3v) is 4.25. The summed E-state index contributed by atoms with van der Waals surface area (Å²) in [4.78, 5) is 12.2. The van der Waals surface area contributed by atoms with Crippen molar-refractivity contribution in [3.63, 3.8) is 0 Å². The fourth-order valence-corrected chi connectivity index (χ4v) is 2.74. The van der Waals surface area contributed by atoms with Crippen LogP contribution in [0.4, 0.5) is 5.69 Å². The van der Waals surface area contributed by atoms with Crippen LogP contribution in [-0.4, -0.2) is 20.2 Å². The van der Waals surface area contributed by atoms with Crippen molar-refractivity contribution >= 4 is 34.9 Å². The van der Waals surface area contributed by atoms with Gasteiger partial charge < -0.3 is 19.5 Å². The number of cyclic esters (lactones) is 1. The first-order chi connectivity index (χ1) is 11.0. The number of hydrogen-bond donors (Lipinski definition) is 1. The summed E-state index contributed by atoms with van der Waals surface area (Å²) in [7, 11) is 2.99. The van der Waals surface area contributed by atoms with Gasteiger partial charge in [0.1, 0.15) is 5.56 Å². The average Bonchev–Trinajstić information content (AvgIpc) is 2.86. The SMILES string of the molecule is COc1ccc2c(c1OC)C(=O)OC2Nc1ccc(Cl)c(Cl)c1. The Bertz CT molecular complexity index is 779. The standard InChI is InChI=1S/C16H13Cl2NO4/c1-21-12-6-4-9-13(14(12)22-2)16(20)23-15(9)19-8-3-5-10(17)11(18)7-8/h3-7,15,19H,1-2H3. The second-order valence-corrected chi connectivity index (χ2v) is 5.64. The molecule has 23 heavy (non-hydrogen) atoms. The van der Waals surface area contributed by atoms with Crippen molar-refractivity contribution in [1.29, 1.82) is 0 Å². The van der Waals surface area contributed by atoms with Gasteiger partial charge >= 0.3 is 5.97 Å². The van der Waals surface area contributed by atoms with Crippen molar-refractivity contribution in [2.45, 2.75) is 6.23 Å². The van der Waals surface area contributed by atoms with Crippen LogP contribution in [0, 0.1) is 0 Å². The number of nitrogens with one attached hydrogen (secondary N) is 1. The fraction of sp³-hybridized carbons (Fsp3) is 0.188. The number of halogens is 2. The molecule has 1 heterocycles. The first-order valence-electron chi connectivity index (χ1n) is 6.72. The zero-order valence-corrected chi connectivity index (χ0v) is 13.9. The lowest BCUT2D eigenvalue weighted by Gasteiger charge is -2.15. The van der Waals surface area contributed by atoms with Crippen LogP contribution in [0.1, 0.15) is 22.1 Å². The van der Waals surface area contributed by atoms with Gasteiger partial charge in [-0.15, -0.1) is 0 Å². The topological polar surface area (TPSA) is 56.8 Å². The zero-order chi connectivity index (χ0) is 16.6. The smallest absolute Gasteiger partial charge is 0.344 e. The minimum absolute atomic E-state index is 0.351. The lowest BCUT2D eigenvalue weighted by atomic mass is 10.1. The third kappa shape index (κ3) is 2.78. The van der Waals surface area contributed by atoms with Gasteiger partial charge in [-0.25, -0.2) is 4.79 Å². The summed E-state index contributed by atoms with van der Waals surface area (Å²) in [6.07, 6.45) is -0.644. The number of carbonyl (C=O) groups is 1. The molecule has 0 bridgehead atoms. The molecule has 1 aliphatic heterocycles. The molecule has 1 unspecified atom stereocenters. The highest BCUT2D eigenvalue weighted by Gasteiger charge is 2.35. The summed E-state index contributed by atoms with van der Waals surface area (Å²) >= 11 is 11.9. The Labute approximate surface area is 143 Å². The highest BCUT2D eigenvalue weighted by atomic mass is 35.5. The van der Waals surface area contributed by atoms with Gasteiger partial charge in [0.05, 0.1) is 24.3 Å². The van der Waals surface area contributed by atoms with Crippen molar-refractivity contribution in [3.05, 3.63) is 51.5 Å². The van der Waals surface area contributed by atoms with E-state index >= 15 is 0 Å². The van der Waals surface area contributed by atoms with Crippen LogP contribution in [-0.2, 0) is 4.74 Å². The molecule has 0 saturated heterocycles. The number of benzene rings is 2. The molecule has 2 aromatic carbocycles. The molecule has 0 saturated carbocycles. The van der Waals surface area contributed by atoms with E-state index in [1.807, 2.05) is 0 Å². The number of esters is 1. The number of ether oxygens (including phenoxy) is 3. The van der Waals surface area contributed by atoms with Crippen LogP contribution in [0.15, 0.2) is 30.3 Å². The van der Waals surface area contributed by atoms with Crippen LogP contribution in [0.2, 0.25) is 10.0 Å². The summed E-state index contributed by atoms with van der Waals surface area (Å²) in [6, 6.07) is 8.57. The molecule has 5 nitrogen and oxygen atoms in total. The van der Waals surface area contributed by atoms with Crippen LogP contribution >= 0.6 is 23.2 Å². The molecular formula is C16H13Cl2NO4. The van der Waals surface area contributed by atoms with E-state index < -0.39 is 12.2 Å². The predicted molar refractivity (Wildman–Crippen MR) is 87.8 cm³/mol. The molecule has 0 aromatic heterocycles. The fourth-order valence-electron chi connectivity index (χ4n) is 2.45. The van der Waals surface area contributed by atoms with E-state index in [1.165, 1.54) is 14.2 Å². The van der Waals surface area contributed by atoms with Gasteiger partial charge in [-0.2, -0.15) is 0 Å². The Kier molecular flexibility index (Phi) is 4.24. The van der Waals surface area contributed by atoms with Gasteiger partial charge in [-0.05, 0) is 30.3 Å². The van der Waals surface area contributed by atoms with Gasteiger partial charge in [0.15, 0.2) is 11.5 Å². The third-order valence-electron chi connectivity index (χ3n) is 3.51. The normalized spacial score (nSPS) is 15.8. The van der Waals surface area contributed by atoms with Crippen LogP contribution in [0.5, 0.6) is 11.5 Å². The van der Waals surface area contributed by atoms with Gasteiger partial charge in [-0.1, -0.05) is 23.2 Å². The number of anilines is 1. The van der Waals surface area contributed by atoms with Crippen molar-refractivity contribution in [3.8, 4) is 11.5 Å². The first kappa shape index (κ1) is 15.8. The molecule has 3 rings (SSSR count). The number of rotatable bonds is 4. The Balaban J connectivity index is 1.97. The molecule has 2 aromatic rings. The van der Waals surface area contributed by atoms with Crippen molar-refractivity contribution in [2.75, 3.05) is 19.5 Å². The van der Waals surface area contributed by atoms with Crippen LogP contribution in [0.3, 0.4) is 0 Å². The van der Waals surface area contributed by atoms with E-state index in [-0.39, 0.29) is 0 Å². The molecular weight excluding hydrogens is 341 g/mol. The molecule has 0 radical (unpaired) electrons. The maximum Gasteiger partial charge on any atom is 0.344 e. The predicted octanol–water partition coefficient (Wildman–Crippen LogP) is 4.29. The zero-order valence-electron chi connectivity index (χ0n) is 12.4. The van der Waals surface area contributed by atoms with Crippen LogP contribution < -0.4 is 14.8 Å². The Morgan fingerprint density at radius 2 is 1.87 bits per heavy atom. The molecule has 7 heteroatoms. The minimum atomic E-state index is -0.644. The Morgan fingerprint density at radius 1 is 1.09 bits per heavy atom. The molecule has 0 amide bonds. The van der Waals surface area contributed by atoms with Crippen molar-refractivity contribution in [2.24, 2.45) is 0 Å². The maximum absolute atomic E-state index is 12.2. The highest BCUT2D eigenvalue weighted by molar-refractivity contribution is 6.42. The number of fused-ring (bicyclic) bond motifs is 1. The molecule has 1 N–H and O–H groups in total. The largest absolute Gasteiger partial charge is 0.493 e. The maximum atomic E-state index is 12.2. The number of hydrogen-bond acceptors (Lipinski definition) is 5. The summed E-state index contributed by atoms with van der Waals surface area (Å²) in [5.74, 6) is 0.347. The van der Waals surface area contributed by atoms with E-state index in [0.29, 0.717) is 38.4 Å². The molecule has 1 atom stereocenters. The quantitative estimate of drug-likeness (QED) is 0.830. The average molecular weight is 354 g/mol. The second kappa shape index (κ2) is 6.18. The van der Waals surface area contributed by atoms with Gasteiger partial charge in [0.25, 0.3) is 0 Å². The molecule has 0 spiro atoms. The summed E-state index contributed by atoms with van der Waals surface area (Å²) in [6.45, 7) is 0. The van der Waals surface area contributed by atoms with E-state index in [2.05, 4.69) is 5.32 Å². The minimum Gasteiger partial charge on any atom is -0.493 e.